The maximum atomic E-state index is 5.76. The minimum Gasteiger partial charge on any atom is -0.444 e. The van der Waals surface area contributed by atoms with Crippen molar-refractivity contribution in [2.45, 2.75) is 39.3 Å². The van der Waals surface area contributed by atoms with Gasteiger partial charge in [-0.25, -0.2) is 9.98 Å². The molecule has 1 fully saturated rings. The van der Waals surface area contributed by atoms with E-state index in [9.17, 15) is 0 Å². The largest absolute Gasteiger partial charge is 0.444 e. The fourth-order valence-electron chi connectivity index (χ4n) is 1.84. The molecular weight excluding hydrogens is 232 g/mol. The van der Waals surface area contributed by atoms with Crippen molar-refractivity contribution in [2.24, 2.45) is 10.7 Å². The van der Waals surface area contributed by atoms with E-state index in [2.05, 4.69) is 15.3 Å². The van der Waals surface area contributed by atoms with Gasteiger partial charge in [-0.05, 0) is 26.7 Å². The highest BCUT2D eigenvalue weighted by Gasteiger charge is 2.14. The van der Waals surface area contributed by atoms with Crippen LogP contribution in [0.25, 0.3) is 0 Å². The number of nitrogens with one attached hydrogen (secondary N) is 1. The van der Waals surface area contributed by atoms with Crippen LogP contribution in [0.1, 0.15) is 30.2 Å². The molecule has 0 saturated carbocycles. The molecule has 1 saturated heterocycles. The average molecular weight is 252 g/mol. The van der Waals surface area contributed by atoms with Crippen molar-refractivity contribution >= 4 is 5.96 Å². The number of oxazole rings is 1. The highest BCUT2D eigenvalue weighted by atomic mass is 16.5. The van der Waals surface area contributed by atoms with Crippen LogP contribution in [0.4, 0.5) is 0 Å². The van der Waals surface area contributed by atoms with Crippen molar-refractivity contribution < 1.29 is 9.15 Å². The number of nitrogens with zero attached hydrogens (tertiary/aromatic N) is 2. The van der Waals surface area contributed by atoms with Crippen molar-refractivity contribution in [1.82, 2.24) is 10.3 Å². The summed E-state index contributed by atoms with van der Waals surface area (Å²) in [4.78, 5) is 8.42. The van der Waals surface area contributed by atoms with E-state index in [4.69, 9.17) is 14.9 Å². The molecule has 0 spiro atoms. The third-order valence-corrected chi connectivity index (χ3v) is 2.99. The van der Waals surface area contributed by atoms with Gasteiger partial charge in [0.1, 0.15) is 12.3 Å². The molecule has 2 rings (SSSR count). The van der Waals surface area contributed by atoms with Gasteiger partial charge in [-0.2, -0.15) is 0 Å². The number of hydrogen-bond acceptors (Lipinski definition) is 4. The summed E-state index contributed by atoms with van der Waals surface area (Å²) in [5.74, 6) is 1.82. The minimum atomic E-state index is 0.255. The Morgan fingerprint density at radius 3 is 3.00 bits per heavy atom. The van der Waals surface area contributed by atoms with E-state index in [1.165, 1.54) is 0 Å². The molecule has 6 heteroatoms. The normalized spacial score (nSPS) is 20.3. The first-order valence-corrected chi connectivity index (χ1v) is 6.23. The predicted molar refractivity (Wildman–Crippen MR) is 68.3 cm³/mol. The smallest absolute Gasteiger partial charge is 0.216 e. The second kappa shape index (κ2) is 5.86. The Morgan fingerprint density at radius 1 is 1.56 bits per heavy atom. The fourth-order valence-corrected chi connectivity index (χ4v) is 1.84. The number of aromatic nitrogens is 1. The summed E-state index contributed by atoms with van der Waals surface area (Å²) in [6, 6.07) is 0. The Morgan fingerprint density at radius 2 is 2.39 bits per heavy atom. The molecule has 6 nitrogen and oxygen atoms in total. The number of hydrogen-bond donors (Lipinski definition) is 2. The fraction of sp³-hybridized carbons (Fsp3) is 0.667. The van der Waals surface area contributed by atoms with Crippen LogP contribution in [-0.2, 0) is 11.3 Å². The van der Waals surface area contributed by atoms with Crippen molar-refractivity contribution in [3.05, 3.63) is 17.3 Å². The minimum absolute atomic E-state index is 0.255. The van der Waals surface area contributed by atoms with Crippen molar-refractivity contribution in [3.8, 4) is 0 Å². The SMILES string of the molecule is Cc1nc(CN=C(N)NCC2CCCO2)oc1C. The van der Waals surface area contributed by atoms with Crippen LogP contribution in [0.3, 0.4) is 0 Å². The molecule has 0 amide bonds. The Kier molecular flexibility index (Phi) is 4.19. The first-order valence-electron chi connectivity index (χ1n) is 6.23. The predicted octanol–water partition coefficient (Wildman–Crippen LogP) is 0.875. The van der Waals surface area contributed by atoms with Crippen LogP contribution < -0.4 is 11.1 Å². The van der Waals surface area contributed by atoms with E-state index in [-0.39, 0.29) is 6.10 Å². The van der Waals surface area contributed by atoms with E-state index in [1.807, 2.05) is 13.8 Å². The first-order chi connectivity index (χ1) is 8.65. The number of nitrogens with two attached hydrogens (primary N) is 1. The number of ether oxygens (including phenoxy) is 1. The van der Waals surface area contributed by atoms with Gasteiger partial charge in [0.2, 0.25) is 5.89 Å². The van der Waals surface area contributed by atoms with Crippen LogP contribution in [0.2, 0.25) is 0 Å². The Hall–Kier alpha value is -1.56. The lowest BCUT2D eigenvalue weighted by Gasteiger charge is -2.10. The molecule has 0 aromatic carbocycles. The molecule has 0 bridgehead atoms. The summed E-state index contributed by atoms with van der Waals surface area (Å²) in [6.45, 7) is 5.70. The van der Waals surface area contributed by atoms with Gasteiger partial charge in [-0.15, -0.1) is 0 Å². The van der Waals surface area contributed by atoms with Gasteiger partial charge in [-0.1, -0.05) is 0 Å². The Bertz CT molecular complexity index is 402. The number of aryl methyl sites for hydroxylation is 2. The molecule has 1 aliphatic heterocycles. The highest BCUT2D eigenvalue weighted by molar-refractivity contribution is 5.77. The topological polar surface area (TPSA) is 85.7 Å². The second-order valence-electron chi connectivity index (χ2n) is 4.47. The average Bonchev–Trinajstić information content (AvgIpc) is 2.95. The summed E-state index contributed by atoms with van der Waals surface area (Å²) in [5.41, 5.74) is 6.65. The van der Waals surface area contributed by atoms with Gasteiger partial charge in [0.15, 0.2) is 5.96 Å². The van der Waals surface area contributed by atoms with E-state index in [0.29, 0.717) is 24.9 Å². The quantitative estimate of drug-likeness (QED) is 0.613. The van der Waals surface area contributed by atoms with E-state index in [1.54, 1.807) is 0 Å². The van der Waals surface area contributed by atoms with Gasteiger partial charge in [0, 0.05) is 13.2 Å². The van der Waals surface area contributed by atoms with Crippen LogP contribution in [0.5, 0.6) is 0 Å². The van der Waals surface area contributed by atoms with E-state index < -0.39 is 0 Å². The van der Waals surface area contributed by atoms with Crippen LogP contribution in [0, 0.1) is 13.8 Å². The lowest BCUT2D eigenvalue weighted by Crippen LogP contribution is -2.37. The summed E-state index contributed by atoms with van der Waals surface area (Å²) < 4.78 is 10.9. The number of rotatable bonds is 4. The molecule has 3 N–H and O–H groups in total. The molecule has 1 atom stereocenters. The molecule has 0 radical (unpaired) electrons. The van der Waals surface area contributed by atoms with Crippen LogP contribution >= 0.6 is 0 Å². The first kappa shape index (κ1) is 12.9. The van der Waals surface area contributed by atoms with Gasteiger partial charge in [-0.3, -0.25) is 0 Å². The lowest BCUT2D eigenvalue weighted by molar-refractivity contribution is 0.114. The zero-order valence-corrected chi connectivity index (χ0v) is 10.9. The van der Waals surface area contributed by atoms with Crippen molar-refractivity contribution in [1.29, 1.82) is 0 Å². The van der Waals surface area contributed by atoms with Crippen LogP contribution in [-0.4, -0.2) is 30.2 Å². The zero-order chi connectivity index (χ0) is 13.0. The van der Waals surface area contributed by atoms with Gasteiger partial charge in [0.05, 0.1) is 11.8 Å². The molecule has 1 unspecified atom stereocenters. The third-order valence-electron chi connectivity index (χ3n) is 2.99. The molecule has 0 aliphatic carbocycles. The molecule has 18 heavy (non-hydrogen) atoms. The maximum Gasteiger partial charge on any atom is 0.216 e. The zero-order valence-electron chi connectivity index (χ0n) is 10.9. The molecular formula is C12H20N4O2. The van der Waals surface area contributed by atoms with Crippen molar-refractivity contribution in [3.63, 3.8) is 0 Å². The summed E-state index contributed by atoms with van der Waals surface area (Å²) in [7, 11) is 0. The lowest BCUT2D eigenvalue weighted by atomic mass is 10.2. The Balaban J connectivity index is 1.77. The monoisotopic (exact) mass is 252 g/mol. The third kappa shape index (κ3) is 3.46. The summed E-state index contributed by atoms with van der Waals surface area (Å²) in [6.07, 6.45) is 2.46. The van der Waals surface area contributed by atoms with Gasteiger partial charge in [0.25, 0.3) is 0 Å². The summed E-state index contributed by atoms with van der Waals surface area (Å²) in [5, 5.41) is 3.05. The molecule has 1 aromatic heterocycles. The Labute approximate surface area is 107 Å². The number of guanidine groups is 1. The summed E-state index contributed by atoms with van der Waals surface area (Å²) >= 11 is 0. The second-order valence-corrected chi connectivity index (χ2v) is 4.47. The maximum absolute atomic E-state index is 5.76. The molecule has 2 heterocycles. The highest BCUT2D eigenvalue weighted by Crippen LogP contribution is 2.10. The number of aliphatic imine (C=N–C) groups is 1. The molecule has 100 valence electrons. The van der Waals surface area contributed by atoms with Crippen LogP contribution in [0.15, 0.2) is 9.41 Å². The van der Waals surface area contributed by atoms with Gasteiger partial charge >= 0.3 is 0 Å². The van der Waals surface area contributed by atoms with Crippen molar-refractivity contribution in [2.75, 3.05) is 13.2 Å². The van der Waals surface area contributed by atoms with E-state index in [0.717, 1.165) is 30.9 Å². The standard InChI is InChI=1S/C12H20N4O2/c1-8-9(2)18-11(16-8)7-15-12(13)14-6-10-4-3-5-17-10/h10H,3-7H2,1-2H3,(H3,13,14,15). The molecule has 1 aliphatic rings. The van der Waals surface area contributed by atoms with E-state index >= 15 is 0 Å². The molecule has 1 aromatic rings. The van der Waals surface area contributed by atoms with Gasteiger partial charge < -0.3 is 20.2 Å².